The fourth-order valence-electron chi connectivity index (χ4n) is 2.12. The second kappa shape index (κ2) is 6.61. The fourth-order valence-corrected chi connectivity index (χ4v) is 3.84. The molecule has 1 unspecified atom stereocenters. The number of hydrogen-bond donors (Lipinski definition) is 1. The van der Waals surface area contributed by atoms with E-state index in [0.29, 0.717) is 6.54 Å². The molecule has 0 amide bonds. The molecule has 0 bridgehead atoms. The number of ether oxygens (including phenoxy) is 1. The Morgan fingerprint density at radius 1 is 1.40 bits per heavy atom. The highest BCUT2D eigenvalue weighted by Gasteiger charge is 2.19. The van der Waals surface area contributed by atoms with Crippen LogP contribution in [-0.2, 0) is 0 Å². The topological polar surface area (TPSA) is 38.5 Å². The molecule has 0 radical (unpaired) electrons. The number of aryl methyl sites for hydroxylation is 1. The van der Waals surface area contributed by atoms with Gasteiger partial charge in [0.1, 0.15) is 5.75 Å². The van der Waals surface area contributed by atoms with Crippen molar-refractivity contribution >= 4 is 33.0 Å². The summed E-state index contributed by atoms with van der Waals surface area (Å²) in [5.74, 6) is 0.855. The van der Waals surface area contributed by atoms with Crippen molar-refractivity contribution in [2.75, 3.05) is 25.6 Å². The fraction of sp³-hybridized carbons (Fsp3) is 0.333. The monoisotopic (exact) mass is 354 g/mol. The third kappa shape index (κ3) is 3.16. The number of anilines is 1. The molecule has 1 heterocycles. The van der Waals surface area contributed by atoms with Gasteiger partial charge in [-0.05, 0) is 41.1 Å². The lowest BCUT2D eigenvalue weighted by Crippen LogP contribution is -2.29. The van der Waals surface area contributed by atoms with E-state index in [-0.39, 0.29) is 6.04 Å². The van der Waals surface area contributed by atoms with Crippen LogP contribution in [0.3, 0.4) is 0 Å². The average Bonchev–Trinajstić information content (AvgIpc) is 2.79. The number of benzene rings is 1. The van der Waals surface area contributed by atoms with Gasteiger partial charge >= 0.3 is 0 Å². The van der Waals surface area contributed by atoms with Crippen molar-refractivity contribution in [1.82, 2.24) is 0 Å². The number of likely N-dealkylation sites (N-methyl/N-ethyl adjacent to an activating group) is 1. The minimum atomic E-state index is 0.164. The molecule has 1 aromatic carbocycles. The number of nitrogens with two attached hydrogens (primary N) is 1. The highest BCUT2D eigenvalue weighted by Crippen LogP contribution is 2.35. The molecule has 5 heteroatoms. The summed E-state index contributed by atoms with van der Waals surface area (Å²) in [5, 5.41) is 0. The van der Waals surface area contributed by atoms with E-state index >= 15 is 0 Å². The van der Waals surface area contributed by atoms with E-state index in [2.05, 4.69) is 46.9 Å². The summed E-state index contributed by atoms with van der Waals surface area (Å²) in [6.07, 6.45) is 0. The van der Waals surface area contributed by atoms with Crippen molar-refractivity contribution in [1.29, 1.82) is 0 Å². The van der Waals surface area contributed by atoms with E-state index in [1.54, 1.807) is 18.4 Å². The Morgan fingerprint density at radius 2 is 2.15 bits per heavy atom. The predicted molar refractivity (Wildman–Crippen MR) is 89.9 cm³/mol. The van der Waals surface area contributed by atoms with Crippen LogP contribution in [0.1, 0.15) is 15.8 Å². The van der Waals surface area contributed by atoms with Gasteiger partial charge in [0.15, 0.2) is 0 Å². The van der Waals surface area contributed by atoms with Crippen LogP contribution in [0.4, 0.5) is 5.69 Å². The summed E-state index contributed by atoms with van der Waals surface area (Å²) < 4.78 is 6.43. The zero-order valence-corrected chi connectivity index (χ0v) is 14.3. The van der Waals surface area contributed by atoms with Gasteiger partial charge in [0.25, 0.3) is 0 Å². The molecule has 108 valence electrons. The summed E-state index contributed by atoms with van der Waals surface area (Å²) >= 11 is 5.35. The highest BCUT2D eigenvalue weighted by atomic mass is 79.9. The van der Waals surface area contributed by atoms with Crippen molar-refractivity contribution in [2.24, 2.45) is 5.73 Å². The first-order valence-corrected chi connectivity index (χ1v) is 8.00. The van der Waals surface area contributed by atoms with Gasteiger partial charge in [0.2, 0.25) is 0 Å². The highest BCUT2D eigenvalue weighted by molar-refractivity contribution is 9.10. The Hall–Kier alpha value is -1.04. The standard InChI is InChI=1S/C15H19BrN2OS/c1-10-13(16)8-15(20-10)14(9-17)18(2)11-5-4-6-12(7-11)19-3/h4-8,14H,9,17H2,1-3H3. The second-order valence-corrected chi connectivity index (χ2v) is 6.76. The Labute approximate surface area is 132 Å². The molecule has 2 aromatic rings. The molecule has 2 rings (SSSR count). The van der Waals surface area contributed by atoms with Crippen LogP contribution in [0.2, 0.25) is 0 Å². The molecular formula is C15H19BrN2OS. The molecule has 20 heavy (non-hydrogen) atoms. The molecule has 0 aliphatic heterocycles. The maximum Gasteiger partial charge on any atom is 0.120 e. The maximum atomic E-state index is 5.99. The Bertz CT molecular complexity index is 566. The lowest BCUT2D eigenvalue weighted by molar-refractivity contribution is 0.414. The van der Waals surface area contributed by atoms with Crippen LogP contribution in [0.5, 0.6) is 5.75 Å². The lowest BCUT2D eigenvalue weighted by atomic mass is 10.2. The van der Waals surface area contributed by atoms with E-state index < -0.39 is 0 Å². The summed E-state index contributed by atoms with van der Waals surface area (Å²) in [5.41, 5.74) is 7.09. The van der Waals surface area contributed by atoms with Crippen molar-refractivity contribution in [3.63, 3.8) is 0 Å². The van der Waals surface area contributed by atoms with E-state index in [1.807, 2.05) is 18.2 Å². The third-order valence-electron chi connectivity index (χ3n) is 3.36. The third-order valence-corrected chi connectivity index (χ3v) is 5.59. The Morgan fingerprint density at radius 3 is 2.70 bits per heavy atom. The van der Waals surface area contributed by atoms with Crippen LogP contribution in [0.15, 0.2) is 34.8 Å². The number of rotatable bonds is 5. The molecule has 0 aliphatic rings. The molecule has 0 spiro atoms. The van der Waals surface area contributed by atoms with Gasteiger partial charge in [-0.25, -0.2) is 0 Å². The number of thiophene rings is 1. The van der Waals surface area contributed by atoms with Crippen molar-refractivity contribution in [3.8, 4) is 5.75 Å². The van der Waals surface area contributed by atoms with Crippen LogP contribution < -0.4 is 15.4 Å². The first-order valence-electron chi connectivity index (χ1n) is 6.39. The molecule has 1 aromatic heterocycles. The first-order chi connectivity index (χ1) is 9.56. The summed E-state index contributed by atoms with van der Waals surface area (Å²) in [4.78, 5) is 4.74. The van der Waals surface area contributed by atoms with Crippen LogP contribution in [-0.4, -0.2) is 20.7 Å². The predicted octanol–water partition coefficient (Wildman–Crippen LogP) is 3.96. The van der Waals surface area contributed by atoms with E-state index in [0.717, 1.165) is 15.9 Å². The summed E-state index contributed by atoms with van der Waals surface area (Å²) in [6, 6.07) is 10.4. The Balaban J connectivity index is 2.30. The van der Waals surface area contributed by atoms with Gasteiger partial charge in [-0.3, -0.25) is 0 Å². The Kier molecular flexibility index (Phi) is 5.07. The molecular weight excluding hydrogens is 336 g/mol. The van der Waals surface area contributed by atoms with Gasteiger partial charge in [-0.2, -0.15) is 0 Å². The number of hydrogen-bond acceptors (Lipinski definition) is 4. The van der Waals surface area contributed by atoms with Gasteiger partial charge in [-0.15, -0.1) is 11.3 Å². The van der Waals surface area contributed by atoms with Crippen LogP contribution in [0.25, 0.3) is 0 Å². The largest absolute Gasteiger partial charge is 0.497 e. The molecule has 0 saturated carbocycles. The minimum Gasteiger partial charge on any atom is -0.497 e. The molecule has 1 atom stereocenters. The summed E-state index contributed by atoms with van der Waals surface area (Å²) in [6.45, 7) is 2.68. The number of methoxy groups -OCH3 is 1. The van der Waals surface area contributed by atoms with E-state index in [1.165, 1.54) is 9.75 Å². The van der Waals surface area contributed by atoms with Gasteiger partial charge < -0.3 is 15.4 Å². The normalized spacial score (nSPS) is 12.2. The first kappa shape index (κ1) is 15.4. The molecule has 0 fully saturated rings. The SMILES string of the molecule is COc1cccc(N(C)C(CN)c2cc(Br)c(C)s2)c1. The van der Waals surface area contributed by atoms with Crippen LogP contribution >= 0.6 is 27.3 Å². The smallest absolute Gasteiger partial charge is 0.120 e. The summed E-state index contributed by atoms with van der Waals surface area (Å²) in [7, 11) is 3.74. The minimum absolute atomic E-state index is 0.164. The average molecular weight is 355 g/mol. The molecule has 0 aliphatic carbocycles. The molecule has 2 N–H and O–H groups in total. The number of nitrogens with zero attached hydrogens (tertiary/aromatic N) is 1. The van der Waals surface area contributed by atoms with Crippen molar-refractivity contribution < 1.29 is 4.74 Å². The maximum absolute atomic E-state index is 5.99. The lowest BCUT2D eigenvalue weighted by Gasteiger charge is -2.28. The van der Waals surface area contributed by atoms with Gasteiger partial charge in [0.05, 0.1) is 13.2 Å². The van der Waals surface area contributed by atoms with E-state index in [4.69, 9.17) is 10.5 Å². The van der Waals surface area contributed by atoms with Gasteiger partial charge in [0, 0.05) is 39.6 Å². The zero-order chi connectivity index (χ0) is 14.7. The number of halogens is 1. The zero-order valence-electron chi connectivity index (χ0n) is 11.9. The van der Waals surface area contributed by atoms with Gasteiger partial charge in [-0.1, -0.05) is 6.07 Å². The second-order valence-electron chi connectivity index (χ2n) is 4.62. The van der Waals surface area contributed by atoms with Crippen molar-refractivity contribution in [2.45, 2.75) is 13.0 Å². The van der Waals surface area contributed by atoms with Crippen molar-refractivity contribution in [3.05, 3.63) is 44.6 Å². The quantitative estimate of drug-likeness (QED) is 0.882. The van der Waals surface area contributed by atoms with Crippen LogP contribution in [0, 0.1) is 6.92 Å². The molecule has 3 nitrogen and oxygen atoms in total. The molecule has 0 saturated heterocycles. The van der Waals surface area contributed by atoms with E-state index in [9.17, 15) is 0 Å².